The molecule has 1 atom stereocenters. The normalized spacial score (nSPS) is 12.8. The van der Waals surface area contributed by atoms with E-state index < -0.39 is 0 Å². The van der Waals surface area contributed by atoms with Gasteiger partial charge < -0.3 is 4.42 Å². The van der Waals surface area contributed by atoms with Crippen molar-refractivity contribution in [2.75, 3.05) is 0 Å². The van der Waals surface area contributed by atoms with E-state index in [-0.39, 0.29) is 5.38 Å². The highest BCUT2D eigenvalue weighted by molar-refractivity contribution is 9.11. The van der Waals surface area contributed by atoms with Gasteiger partial charge in [0.15, 0.2) is 0 Å². The summed E-state index contributed by atoms with van der Waals surface area (Å²) in [5.41, 5.74) is 4.42. The molecule has 0 spiro atoms. The van der Waals surface area contributed by atoms with E-state index in [0.29, 0.717) is 0 Å². The minimum atomic E-state index is -0.219. The summed E-state index contributed by atoms with van der Waals surface area (Å²) in [4.78, 5) is 0. The molecule has 1 aromatic carbocycles. The molecular formula is C15H15Br2ClO. The molecule has 2 rings (SSSR count). The van der Waals surface area contributed by atoms with Crippen LogP contribution >= 0.6 is 43.5 Å². The Morgan fingerprint density at radius 1 is 1.00 bits per heavy atom. The van der Waals surface area contributed by atoms with Gasteiger partial charge in [-0.15, -0.1) is 11.6 Å². The Morgan fingerprint density at radius 2 is 1.63 bits per heavy atom. The summed E-state index contributed by atoms with van der Waals surface area (Å²) in [5, 5.41) is -0.219. The lowest BCUT2D eigenvalue weighted by molar-refractivity contribution is 0.500. The van der Waals surface area contributed by atoms with Gasteiger partial charge in [0.25, 0.3) is 0 Å². The maximum atomic E-state index is 6.67. The molecule has 2 aromatic rings. The molecule has 0 amide bonds. The minimum Gasteiger partial charge on any atom is -0.466 e. The highest BCUT2D eigenvalue weighted by atomic mass is 79.9. The zero-order valence-corrected chi connectivity index (χ0v) is 15.2. The predicted molar refractivity (Wildman–Crippen MR) is 87.2 cm³/mol. The molecule has 0 aliphatic heterocycles. The summed E-state index contributed by atoms with van der Waals surface area (Å²) in [6.45, 7) is 8.03. The zero-order valence-electron chi connectivity index (χ0n) is 11.3. The second-order valence-electron chi connectivity index (χ2n) is 4.74. The van der Waals surface area contributed by atoms with Crippen LogP contribution in [0.15, 0.2) is 25.5 Å². The van der Waals surface area contributed by atoms with Crippen LogP contribution in [-0.2, 0) is 0 Å². The van der Waals surface area contributed by atoms with Gasteiger partial charge in [-0.25, -0.2) is 0 Å². The van der Waals surface area contributed by atoms with Crippen LogP contribution in [0.25, 0.3) is 0 Å². The predicted octanol–water partition coefficient (Wildman–Crippen LogP) is 6.37. The van der Waals surface area contributed by atoms with Gasteiger partial charge >= 0.3 is 0 Å². The second-order valence-corrected chi connectivity index (χ2v) is 6.88. The number of aryl methyl sites for hydroxylation is 3. The lowest BCUT2D eigenvalue weighted by atomic mass is 10.00. The number of benzene rings is 1. The first-order valence-electron chi connectivity index (χ1n) is 5.99. The van der Waals surface area contributed by atoms with Crippen molar-refractivity contribution >= 4 is 43.5 Å². The summed E-state index contributed by atoms with van der Waals surface area (Å²) >= 11 is 13.8. The Labute approximate surface area is 135 Å². The SMILES string of the molecule is Cc1cc(Br)c(C(Cl)c2c(C)oc(C)c2C)cc1Br. The Morgan fingerprint density at radius 3 is 2.16 bits per heavy atom. The third-order valence-corrected chi connectivity index (χ3v) is 5.42. The molecule has 4 heteroatoms. The fourth-order valence-electron chi connectivity index (χ4n) is 2.19. The molecule has 1 unspecified atom stereocenters. The Bertz CT molecular complexity index is 632. The molecule has 102 valence electrons. The van der Waals surface area contributed by atoms with Crippen LogP contribution in [0.3, 0.4) is 0 Å². The third-order valence-electron chi connectivity index (χ3n) is 3.42. The van der Waals surface area contributed by atoms with Gasteiger partial charge in [-0.2, -0.15) is 0 Å². The van der Waals surface area contributed by atoms with E-state index in [2.05, 4.69) is 50.9 Å². The first-order valence-corrected chi connectivity index (χ1v) is 8.01. The van der Waals surface area contributed by atoms with E-state index in [1.54, 1.807) is 0 Å². The Kier molecular flexibility index (Phi) is 4.49. The monoisotopic (exact) mass is 404 g/mol. The van der Waals surface area contributed by atoms with Crippen LogP contribution in [-0.4, -0.2) is 0 Å². The number of halogens is 3. The van der Waals surface area contributed by atoms with Crippen molar-refractivity contribution in [2.24, 2.45) is 0 Å². The Hall–Kier alpha value is -0.250. The summed E-state index contributed by atoms with van der Waals surface area (Å²) < 4.78 is 7.75. The van der Waals surface area contributed by atoms with Crippen LogP contribution in [0, 0.1) is 27.7 Å². The van der Waals surface area contributed by atoms with Crippen LogP contribution < -0.4 is 0 Å². The molecule has 19 heavy (non-hydrogen) atoms. The fourth-order valence-corrected chi connectivity index (χ4v) is 3.87. The third kappa shape index (κ3) is 2.79. The minimum absolute atomic E-state index is 0.219. The van der Waals surface area contributed by atoms with Crippen LogP contribution in [0.1, 0.15) is 39.2 Å². The summed E-state index contributed by atoms with van der Waals surface area (Å²) in [6, 6.07) is 4.14. The van der Waals surface area contributed by atoms with Gasteiger partial charge in [0.1, 0.15) is 11.5 Å². The molecule has 0 radical (unpaired) electrons. The van der Waals surface area contributed by atoms with Gasteiger partial charge in [0, 0.05) is 14.5 Å². The van der Waals surface area contributed by atoms with E-state index in [1.165, 1.54) is 5.56 Å². The summed E-state index contributed by atoms with van der Waals surface area (Å²) in [6.07, 6.45) is 0. The quantitative estimate of drug-likeness (QED) is 0.529. The molecule has 1 heterocycles. The van der Waals surface area contributed by atoms with E-state index in [0.717, 1.165) is 37.2 Å². The molecular weight excluding hydrogens is 391 g/mol. The van der Waals surface area contributed by atoms with Crippen LogP contribution in [0.4, 0.5) is 0 Å². The average molecular weight is 407 g/mol. The highest BCUT2D eigenvalue weighted by Gasteiger charge is 2.23. The van der Waals surface area contributed by atoms with Crippen molar-refractivity contribution in [2.45, 2.75) is 33.1 Å². The van der Waals surface area contributed by atoms with E-state index in [1.807, 2.05) is 20.8 Å². The van der Waals surface area contributed by atoms with E-state index in [9.17, 15) is 0 Å². The second kappa shape index (κ2) is 5.63. The molecule has 0 bridgehead atoms. The zero-order chi connectivity index (χ0) is 14.3. The molecule has 0 fully saturated rings. The van der Waals surface area contributed by atoms with Gasteiger partial charge in [-0.3, -0.25) is 0 Å². The van der Waals surface area contributed by atoms with Crippen molar-refractivity contribution in [1.82, 2.24) is 0 Å². The van der Waals surface area contributed by atoms with Crippen LogP contribution in [0.2, 0.25) is 0 Å². The van der Waals surface area contributed by atoms with Gasteiger partial charge in [-0.1, -0.05) is 31.9 Å². The van der Waals surface area contributed by atoms with Crippen molar-refractivity contribution in [3.63, 3.8) is 0 Å². The van der Waals surface area contributed by atoms with Crippen LogP contribution in [0.5, 0.6) is 0 Å². The molecule has 0 saturated carbocycles. The van der Waals surface area contributed by atoms with Crippen molar-refractivity contribution in [3.05, 3.63) is 54.9 Å². The maximum Gasteiger partial charge on any atom is 0.106 e. The molecule has 0 aliphatic carbocycles. The van der Waals surface area contributed by atoms with Gasteiger partial charge in [-0.05, 0) is 56.5 Å². The number of hydrogen-bond donors (Lipinski definition) is 0. The summed E-state index contributed by atoms with van der Waals surface area (Å²) in [7, 11) is 0. The molecule has 1 aromatic heterocycles. The van der Waals surface area contributed by atoms with Gasteiger partial charge in [0.2, 0.25) is 0 Å². The number of hydrogen-bond acceptors (Lipinski definition) is 1. The standard InChI is InChI=1S/C15H15Br2ClO/c1-7-5-13(17)11(6-12(7)16)15(18)14-8(2)9(3)19-10(14)4/h5-6,15H,1-4H3. The molecule has 0 saturated heterocycles. The lowest BCUT2D eigenvalue weighted by Gasteiger charge is -2.14. The molecule has 0 N–H and O–H groups in total. The smallest absolute Gasteiger partial charge is 0.106 e. The van der Waals surface area contributed by atoms with Gasteiger partial charge in [0.05, 0.1) is 5.38 Å². The fraction of sp³-hybridized carbons (Fsp3) is 0.333. The first-order chi connectivity index (χ1) is 8.82. The molecule has 0 aliphatic rings. The maximum absolute atomic E-state index is 6.67. The largest absolute Gasteiger partial charge is 0.466 e. The highest BCUT2D eigenvalue weighted by Crippen LogP contribution is 2.40. The van der Waals surface area contributed by atoms with Crippen molar-refractivity contribution < 1.29 is 4.42 Å². The Balaban J connectivity index is 2.56. The average Bonchev–Trinajstić information content (AvgIpc) is 2.57. The number of furan rings is 1. The lowest BCUT2D eigenvalue weighted by Crippen LogP contribution is -1.98. The molecule has 1 nitrogen and oxygen atoms in total. The van der Waals surface area contributed by atoms with Crippen molar-refractivity contribution in [1.29, 1.82) is 0 Å². The summed E-state index contributed by atoms with van der Waals surface area (Å²) in [5.74, 6) is 1.82. The topological polar surface area (TPSA) is 13.1 Å². The van der Waals surface area contributed by atoms with E-state index >= 15 is 0 Å². The number of alkyl halides is 1. The first kappa shape index (κ1) is 15.1. The van der Waals surface area contributed by atoms with Crippen molar-refractivity contribution in [3.8, 4) is 0 Å². The van der Waals surface area contributed by atoms with E-state index in [4.69, 9.17) is 16.0 Å². The number of rotatable bonds is 2.